The van der Waals surface area contributed by atoms with E-state index in [1.54, 1.807) is 0 Å². The fraction of sp³-hybridized carbons (Fsp3) is 1.00. The van der Waals surface area contributed by atoms with Gasteiger partial charge in [0, 0.05) is 0 Å². The Balaban J connectivity index is 2.13. The monoisotopic (exact) mass is 222 g/mol. The fourth-order valence-electron chi connectivity index (χ4n) is 5.69. The number of rotatable bonds is 0. The summed E-state index contributed by atoms with van der Waals surface area (Å²) >= 11 is 0. The Bertz CT molecular complexity index is 321. The van der Waals surface area contributed by atoms with E-state index in [0.717, 1.165) is 24.2 Å². The van der Waals surface area contributed by atoms with E-state index in [9.17, 15) is 5.11 Å². The van der Waals surface area contributed by atoms with Gasteiger partial charge in [0.25, 0.3) is 0 Å². The van der Waals surface area contributed by atoms with Gasteiger partial charge in [0.1, 0.15) is 0 Å². The van der Waals surface area contributed by atoms with Gasteiger partial charge in [-0.25, -0.2) is 0 Å². The minimum atomic E-state index is -0.391. The van der Waals surface area contributed by atoms with Gasteiger partial charge in [0.05, 0.1) is 5.60 Å². The van der Waals surface area contributed by atoms with Crippen LogP contribution in [0, 0.1) is 28.6 Å². The molecular formula is C15H26O. The Kier molecular flexibility index (Phi) is 1.98. The molecule has 4 fully saturated rings. The molecule has 4 rings (SSSR count). The predicted molar refractivity (Wildman–Crippen MR) is 66.1 cm³/mol. The Labute approximate surface area is 99.6 Å². The van der Waals surface area contributed by atoms with E-state index in [2.05, 4.69) is 27.7 Å². The first-order valence-electron chi connectivity index (χ1n) is 7.05. The molecule has 0 aromatic rings. The molecule has 0 aromatic carbocycles. The summed E-state index contributed by atoms with van der Waals surface area (Å²) in [4.78, 5) is 0. The highest BCUT2D eigenvalue weighted by Crippen LogP contribution is 2.71. The van der Waals surface area contributed by atoms with Gasteiger partial charge in [-0.2, -0.15) is 0 Å². The van der Waals surface area contributed by atoms with Crippen LogP contribution in [0.15, 0.2) is 0 Å². The first kappa shape index (κ1) is 11.1. The molecule has 0 aliphatic heterocycles. The fourth-order valence-corrected chi connectivity index (χ4v) is 5.69. The molecule has 92 valence electrons. The zero-order valence-corrected chi connectivity index (χ0v) is 11.2. The quantitative estimate of drug-likeness (QED) is 0.664. The van der Waals surface area contributed by atoms with Crippen molar-refractivity contribution in [2.75, 3.05) is 0 Å². The largest absolute Gasteiger partial charge is 0.389 e. The standard InChI is InChI=1S/C15H26O/c1-10-5-8-15(16)13(2,3)11-6-7-14(15,4)12(10)9-11/h10-12,16H,5-9H2,1-4H3/t10-,11?,12?,14+,15?/m0/s1. The molecule has 0 amide bonds. The van der Waals surface area contributed by atoms with Gasteiger partial charge >= 0.3 is 0 Å². The highest BCUT2D eigenvalue weighted by Gasteiger charge is 2.69. The summed E-state index contributed by atoms with van der Waals surface area (Å²) < 4.78 is 0. The first-order chi connectivity index (χ1) is 7.33. The third kappa shape index (κ3) is 0.939. The molecule has 3 unspecified atom stereocenters. The lowest BCUT2D eigenvalue weighted by Crippen LogP contribution is -2.71. The molecule has 0 radical (unpaired) electrons. The summed E-state index contributed by atoms with van der Waals surface area (Å²) in [5, 5.41) is 11.3. The van der Waals surface area contributed by atoms with Crippen LogP contribution in [0.2, 0.25) is 0 Å². The topological polar surface area (TPSA) is 20.2 Å². The van der Waals surface area contributed by atoms with Crippen molar-refractivity contribution < 1.29 is 5.11 Å². The lowest BCUT2D eigenvalue weighted by Gasteiger charge is -2.71. The lowest BCUT2D eigenvalue weighted by molar-refractivity contribution is -0.291. The SMILES string of the molecule is C[C@H]1CCC2(O)C(C)(C)C3CC[C@]2(C)C1C3. The minimum Gasteiger partial charge on any atom is -0.389 e. The van der Waals surface area contributed by atoms with Crippen LogP contribution in [0.25, 0.3) is 0 Å². The second kappa shape index (κ2) is 2.85. The molecule has 16 heavy (non-hydrogen) atoms. The van der Waals surface area contributed by atoms with Gasteiger partial charge in [-0.1, -0.05) is 27.7 Å². The number of hydrogen-bond acceptors (Lipinski definition) is 1. The molecule has 0 saturated heterocycles. The molecule has 1 heteroatoms. The Morgan fingerprint density at radius 1 is 1.06 bits per heavy atom. The van der Waals surface area contributed by atoms with E-state index in [1.807, 2.05) is 0 Å². The summed E-state index contributed by atoms with van der Waals surface area (Å²) in [6, 6.07) is 0. The molecule has 4 aliphatic rings. The van der Waals surface area contributed by atoms with E-state index in [0.29, 0.717) is 0 Å². The van der Waals surface area contributed by atoms with E-state index < -0.39 is 5.60 Å². The number of hydrogen-bond donors (Lipinski definition) is 1. The summed E-state index contributed by atoms with van der Waals surface area (Å²) in [6.07, 6.45) is 6.23. The van der Waals surface area contributed by atoms with Crippen LogP contribution in [0.5, 0.6) is 0 Å². The molecule has 5 atom stereocenters. The van der Waals surface area contributed by atoms with Gasteiger partial charge in [-0.05, 0) is 60.7 Å². The maximum Gasteiger partial charge on any atom is 0.0757 e. The molecule has 1 nitrogen and oxygen atoms in total. The van der Waals surface area contributed by atoms with E-state index >= 15 is 0 Å². The lowest BCUT2D eigenvalue weighted by atomic mass is 9.35. The highest BCUT2D eigenvalue weighted by molar-refractivity contribution is 5.19. The Morgan fingerprint density at radius 2 is 1.75 bits per heavy atom. The van der Waals surface area contributed by atoms with Crippen molar-refractivity contribution in [1.29, 1.82) is 0 Å². The van der Waals surface area contributed by atoms with Crippen LogP contribution in [0.4, 0.5) is 0 Å². The summed E-state index contributed by atoms with van der Waals surface area (Å²) in [5.41, 5.74) is -0.0576. The van der Waals surface area contributed by atoms with Gasteiger partial charge in [0.2, 0.25) is 0 Å². The van der Waals surface area contributed by atoms with Crippen molar-refractivity contribution in [1.82, 2.24) is 0 Å². The summed E-state index contributed by atoms with van der Waals surface area (Å²) in [5.74, 6) is 2.36. The zero-order valence-electron chi connectivity index (χ0n) is 11.2. The van der Waals surface area contributed by atoms with Gasteiger partial charge < -0.3 is 5.11 Å². The summed E-state index contributed by atoms with van der Waals surface area (Å²) in [6.45, 7) is 9.43. The first-order valence-corrected chi connectivity index (χ1v) is 7.05. The zero-order chi connectivity index (χ0) is 11.8. The van der Waals surface area contributed by atoms with Crippen LogP contribution < -0.4 is 0 Å². The van der Waals surface area contributed by atoms with Crippen molar-refractivity contribution >= 4 is 0 Å². The minimum absolute atomic E-state index is 0.136. The second-order valence-electron chi connectivity index (χ2n) is 7.59. The normalized spacial score (nSPS) is 58.7. The third-order valence-electron chi connectivity index (χ3n) is 7.05. The van der Waals surface area contributed by atoms with Crippen LogP contribution in [0.1, 0.15) is 59.8 Å². The van der Waals surface area contributed by atoms with E-state index in [1.165, 1.54) is 25.7 Å². The molecule has 0 spiro atoms. The average Bonchev–Trinajstić information content (AvgIpc) is 2.22. The number of fused-ring (bicyclic) bond motifs is 1. The maximum atomic E-state index is 11.3. The van der Waals surface area contributed by atoms with Gasteiger partial charge in [0.15, 0.2) is 0 Å². The van der Waals surface area contributed by atoms with Crippen LogP contribution in [-0.2, 0) is 0 Å². The molecule has 4 saturated carbocycles. The molecular weight excluding hydrogens is 196 g/mol. The molecule has 1 N–H and O–H groups in total. The molecule has 0 aromatic heterocycles. The van der Waals surface area contributed by atoms with Crippen molar-refractivity contribution in [3.8, 4) is 0 Å². The highest BCUT2D eigenvalue weighted by atomic mass is 16.3. The molecule has 0 heterocycles. The van der Waals surface area contributed by atoms with Crippen LogP contribution in [0.3, 0.4) is 0 Å². The van der Waals surface area contributed by atoms with Crippen molar-refractivity contribution in [3.05, 3.63) is 0 Å². The smallest absolute Gasteiger partial charge is 0.0757 e. The Morgan fingerprint density at radius 3 is 2.44 bits per heavy atom. The van der Waals surface area contributed by atoms with Crippen molar-refractivity contribution in [2.45, 2.75) is 65.4 Å². The number of aliphatic hydroxyl groups is 1. The van der Waals surface area contributed by atoms with E-state index in [-0.39, 0.29) is 10.8 Å². The van der Waals surface area contributed by atoms with Gasteiger partial charge in [-0.3, -0.25) is 0 Å². The van der Waals surface area contributed by atoms with Crippen molar-refractivity contribution in [3.63, 3.8) is 0 Å². The maximum absolute atomic E-state index is 11.3. The molecule has 4 bridgehead atoms. The molecule has 4 aliphatic carbocycles. The van der Waals surface area contributed by atoms with Crippen LogP contribution in [-0.4, -0.2) is 10.7 Å². The van der Waals surface area contributed by atoms with Gasteiger partial charge in [-0.15, -0.1) is 0 Å². The van der Waals surface area contributed by atoms with E-state index in [4.69, 9.17) is 0 Å². The predicted octanol–water partition coefficient (Wildman–Crippen LogP) is 3.61. The second-order valence-corrected chi connectivity index (χ2v) is 7.59. The summed E-state index contributed by atoms with van der Waals surface area (Å²) in [7, 11) is 0. The average molecular weight is 222 g/mol. The van der Waals surface area contributed by atoms with Crippen LogP contribution >= 0.6 is 0 Å². The Hall–Kier alpha value is -0.0400. The third-order valence-corrected chi connectivity index (χ3v) is 7.05. The van der Waals surface area contributed by atoms with Crippen molar-refractivity contribution in [2.24, 2.45) is 28.6 Å².